The standard InChI is InChI=1S/C14H14BrNO3S/c15-13-5-7-14(8-6-13)16-20(18,19)10-12-3-1-11(9-17)2-4-12/h1-8,16-17H,9-10H2. The van der Waals surface area contributed by atoms with Crippen LogP contribution in [0.2, 0.25) is 0 Å². The lowest BCUT2D eigenvalue weighted by molar-refractivity contribution is 0.282. The molecular formula is C14H14BrNO3S. The second-order valence-corrected chi connectivity index (χ2v) is 6.98. The molecule has 0 bridgehead atoms. The van der Waals surface area contributed by atoms with Crippen LogP contribution < -0.4 is 4.72 Å². The minimum absolute atomic E-state index is 0.0514. The van der Waals surface area contributed by atoms with Gasteiger partial charge in [0.25, 0.3) is 0 Å². The predicted molar refractivity (Wildman–Crippen MR) is 82.8 cm³/mol. The molecule has 0 amide bonds. The molecule has 0 aliphatic rings. The summed E-state index contributed by atoms with van der Waals surface area (Å²) in [5, 5.41) is 8.94. The van der Waals surface area contributed by atoms with Crippen molar-refractivity contribution in [1.29, 1.82) is 0 Å². The van der Waals surface area contributed by atoms with Crippen LogP contribution in [0.15, 0.2) is 53.0 Å². The van der Waals surface area contributed by atoms with Gasteiger partial charge in [-0.15, -0.1) is 0 Å². The van der Waals surface area contributed by atoms with E-state index in [2.05, 4.69) is 20.7 Å². The number of aliphatic hydroxyl groups excluding tert-OH is 1. The van der Waals surface area contributed by atoms with Gasteiger partial charge in [-0.05, 0) is 35.4 Å². The van der Waals surface area contributed by atoms with Gasteiger partial charge in [0, 0.05) is 10.2 Å². The average molecular weight is 356 g/mol. The molecule has 2 aromatic rings. The maximum absolute atomic E-state index is 12.0. The second-order valence-electron chi connectivity index (χ2n) is 4.34. The summed E-state index contributed by atoms with van der Waals surface area (Å²) < 4.78 is 27.5. The summed E-state index contributed by atoms with van der Waals surface area (Å²) in [7, 11) is -3.45. The van der Waals surface area contributed by atoms with Gasteiger partial charge in [-0.2, -0.15) is 0 Å². The van der Waals surface area contributed by atoms with Crippen molar-refractivity contribution >= 4 is 31.6 Å². The number of rotatable bonds is 5. The zero-order chi connectivity index (χ0) is 14.6. The summed E-state index contributed by atoms with van der Waals surface area (Å²) in [4.78, 5) is 0. The molecule has 0 aromatic heterocycles. The normalized spacial score (nSPS) is 11.3. The number of sulfonamides is 1. The third-order valence-corrected chi connectivity index (χ3v) is 4.47. The molecule has 20 heavy (non-hydrogen) atoms. The zero-order valence-corrected chi connectivity index (χ0v) is 13.0. The summed E-state index contributed by atoms with van der Waals surface area (Å²) in [6.45, 7) is -0.0514. The number of anilines is 1. The second kappa shape index (κ2) is 6.39. The van der Waals surface area contributed by atoms with Crippen molar-refractivity contribution in [1.82, 2.24) is 0 Å². The zero-order valence-electron chi connectivity index (χ0n) is 10.6. The van der Waals surface area contributed by atoms with Crippen molar-refractivity contribution in [2.45, 2.75) is 12.4 Å². The van der Waals surface area contributed by atoms with Gasteiger partial charge in [-0.1, -0.05) is 40.2 Å². The van der Waals surface area contributed by atoms with E-state index in [0.29, 0.717) is 11.3 Å². The Hall–Kier alpha value is -1.37. The molecule has 2 N–H and O–H groups in total. The van der Waals surface area contributed by atoms with Crippen LogP contribution in [0.1, 0.15) is 11.1 Å². The predicted octanol–water partition coefficient (Wildman–Crippen LogP) is 2.88. The number of aliphatic hydroxyl groups is 1. The fraction of sp³-hybridized carbons (Fsp3) is 0.143. The Bertz CT molecular complexity index is 667. The van der Waals surface area contributed by atoms with Gasteiger partial charge < -0.3 is 5.11 Å². The SMILES string of the molecule is O=S(=O)(Cc1ccc(CO)cc1)Nc1ccc(Br)cc1. The molecule has 0 spiro atoms. The van der Waals surface area contributed by atoms with Gasteiger partial charge in [0.2, 0.25) is 10.0 Å². The molecule has 0 saturated heterocycles. The summed E-state index contributed by atoms with van der Waals surface area (Å²) in [5.74, 6) is -0.102. The molecule has 2 aromatic carbocycles. The van der Waals surface area contributed by atoms with Crippen molar-refractivity contribution in [2.75, 3.05) is 4.72 Å². The first-order chi connectivity index (χ1) is 9.48. The van der Waals surface area contributed by atoms with Crippen LogP contribution in [0, 0.1) is 0 Å². The molecule has 4 nitrogen and oxygen atoms in total. The summed E-state index contributed by atoms with van der Waals surface area (Å²) in [5.41, 5.74) is 1.96. The van der Waals surface area contributed by atoms with Gasteiger partial charge in [0.15, 0.2) is 0 Å². The molecule has 0 aliphatic heterocycles. The fourth-order valence-electron chi connectivity index (χ4n) is 1.69. The van der Waals surface area contributed by atoms with E-state index in [4.69, 9.17) is 5.11 Å². The highest BCUT2D eigenvalue weighted by Crippen LogP contribution is 2.17. The van der Waals surface area contributed by atoms with E-state index < -0.39 is 10.0 Å². The lowest BCUT2D eigenvalue weighted by Gasteiger charge is -2.08. The Kier molecular flexibility index (Phi) is 4.80. The van der Waals surface area contributed by atoms with Crippen molar-refractivity contribution in [2.24, 2.45) is 0 Å². The Balaban J connectivity index is 2.08. The summed E-state index contributed by atoms with van der Waals surface area (Å²) >= 11 is 3.29. The van der Waals surface area contributed by atoms with Crippen molar-refractivity contribution < 1.29 is 13.5 Å². The van der Waals surface area contributed by atoms with Crippen LogP contribution in [0.4, 0.5) is 5.69 Å². The quantitative estimate of drug-likeness (QED) is 0.866. The molecule has 0 atom stereocenters. The Morgan fingerprint density at radius 2 is 1.50 bits per heavy atom. The Labute approximate surface area is 126 Å². The number of hydrogen-bond donors (Lipinski definition) is 2. The smallest absolute Gasteiger partial charge is 0.236 e. The van der Waals surface area contributed by atoms with Crippen LogP contribution >= 0.6 is 15.9 Å². The van der Waals surface area contributed by atoms with Crippen molar-refractivity contribution in [3.8, 4) is 0 Å². The van der Waals surface area contributed by atoms with Crippen LogP contribution in [-0.4, -0.2) is 13.5 Å². The third kappa shape index (κ3) is 4.33. The number of nitrogens with one attached hydrogen (secondary N) is 1. The lowest BCUT2D eigenvalue weighted by atomic mass is 10.2. The number of halogens is 1. The van der Waals surface area contributed by atoms with Gasteiger partial charge in [-0.3, -0.25) is 4.72 Å². The number of benzene rings is 2. The van der Waals surface area contributed by atoms with E-state index in [-0.39, 0.29) is 12.4 Å². The average Bonchev–Trinajstić information content (AvgIpc) is 2.41. The summed E-state index contributed by atoms with van der Waals surface area (Å²) in [6, 6.07) is 13.8. The first kappa shape index (κ1) is 15.0. The van der Waals surface area contributed by atoms with E-state index >= 15 is 0 Å². The van der Waals surface area contributed by atoms with E-state index in [9.17, 15) is 8.42 Å². The van der Waals surface area contributed by atoms with E-state index in [1.165, 1.54) is 0 Å². The molecule has 0 radical (unpaired) electrons. The van der Waals surface area contributed by atoms with Gasteiger partial charge in [0.05, 0.1) is 12.4 Å². The minimum Gasteiger partial charge on any atom is -0.392 e. The molecule has 6 heteroatoms. The topological polar surface area (TPSA) is 66.4 Å². The van der Waals surface area contributed by atoms with E-state index in [1.807, 2.05) is 0 Å². The largest absolute Gasteiger partial charge is 0.392 e. The minimum atomic E-state index is -3.45. The van der Waals surface area contributed by atoms with Crippen molar-refractivity contribution in [3.63, 3.8) is 0 Å². The maximum Gasteiger partial charge on any atom is 0.236 e. The first-order valence-corrected chi connectivity index (χ1v) is 8.38. The van der Waals surface area contributed by atoms with Gasteiger partial charge in [-0.25, -0.2) is 8.42 Å². The summed E-state index contributed by atoms with van der Waals surface area (Å²) in [6.07, 6.45) is 0. The van der Waals surface area contributed by atoms with Gasteiger partial charge >= 0.3 is 0 Å². The molecule has 106 valence electrons. The van der Waals surface area contributed by atoms with E-state index in [0.717, 1.165) is 10.0 Å². The van der Waals surface area contributed by atoms with Crippen LogP contribution in [0.25, 0.3) is 0 Å². The molecule has 0 saturated carbocycles. The van der Waals surface area contributed by atoms with Crippen molar-refractivity contribution in [3.05, 3.63) is 64.1 Å². The molecule has 0 fully saturated rings. The highest BCUT2D eigenvalue weighted by Gasteiger charge is 2.11. The van der Waals surface area contributed by atoms with Crippen LogP contribution in [0.3, 0.4) is 0 Å². The lowest BCUT2D eigenvalue weighted by Crippen LogP contribution is -2.15. The molecule has 0 aliphatic carbocycles. The Morgan fingerprint density at radius 3 is 2.05 bits per heavy atom. The van der Waals surface area contributed by atoms with Crippen LogP contribution in [-0.2, 0) is 22.4 Å². The monoisotopic (exact) mass is 355 g/mol. The van der Waals surface area contributed by atoms with Gasteiger partial charge in [0.1, 0.15) is 0 Å². The fourth-order valence-corrected chi connectivity index (χ4v) is 3.16. The van der Waals surface area contributed by atoms with E-state index in [1.54, 1.807) is 48.5 Å². The molecule has 2 rings (SSSR count). The molecule has 0 heterocycles. The molecule has 0 unspecified atom stereocenters. The number of hydrogen-bond acceptors (Lipinski definition) is 3. The third-order valence-electron chi connectivity index (χ3n) is 2.68. The Morgan fingerprint density at radius 1 is 0.950 bits per heavy atom. The highest BCUT2D eigenvalue weighted by atomic mass is 79.9. The van der Waals surface area contributed by atoms with Crippen LogP contribution in [0.5, 0.6) is 0 Å². The molecular weight excluding hydrogens is 342 g/mol. The highest BCUT2D eigenvalue weighted by molar-refractivity contribution is 9.10. The maximum atomic E-state index is 12.0. The first-order valence-electron chi connectivity index (χ1n) is 5.93.